The Labute approximate surface area is 128 Å². The fourth-order valence-corrected chi connectivity index (χ4v) is 2.16. The molecule has 0 saturated carbocycles. The summed E-state index contributed by atoms with van der Waals surface area (Å²) in [6.45, 7) is 3.52. The third-order valence-corrected chi connectivity index (χ3v) is 3.75. The van der Waals surface area contributed by atoms with Crippen molar-refractivity contribution in [2.45, 2.75) is 19.9 Å². The zero-order valence-electron chi connectivity index (χ0n) is 11.4. The third-order valence-electron chi connectivity index (χ3n) is 3.03. The van der Waals surface area contributed by atoms with E-state index in [0.717, 1.165) is 10.0 Å². The van der Waals surface area contributed by atoms with Crippen molar-refractivity contribution >= 4 is 34.3 Å². The van der Waals surface area contributed by atoms with Gasteiger partial charge in [-0.25, -0.2) is 0 Å². The van der Waals surface area contributed by atoms with Gasteiger partial charge < -0.3 is 15.2 Å². The number of hydrogen-bond acceptors (Lipinski definition) is 4. The van der Waals surface area contributed by atoms with Crippen LogP contribution in [0.4, 0.5) is 0 Å². The molecule has 0 amide bonds. The Morgan fingerprint density at radius 1 is 1.37 bits per heavy atom. The predicted octanol–water partition coefficient (Wildman–Crippen LogP) is 3.08. The van der Waals surface area contributed by atoms with Crippen LogP contribution in [-0.4, -0.2) is 20.2 Å². The Morgan fingerprint density at radius 3 is 2.42 bits per heavy atom. The van der Waals surface area contributed by atoms with E-state index in [4.69, 9.17) is 15.2 Å². The predicted molar refractivity (Wildman–Crippen MR) is 80.7 cm³/mol. The van der Waals surface area contributed by atoms with Gasteiger partial charge in [0, 0.05) is 10.5 Å². The molecule has 1 rings (SSSR count). The molecule has 1 aromatic rings. The van der Waals surface area contributed by atoms with E-state index in [1.54, 1.807) is 21.0 Å². The number of ether oxygens (including phenoxy) is 2. The number of carbonyl (C=O) groups is 1. The summed E-state index contributed by atoms with van der Waals surface area (Å²) < 4.78 is 10.8. The van der Waals surface area contributed by atoms with Crippen LogP contribution in [0.2, 0.25) is 0 Å². The van der Waals surface area contributed by atoms with Crippen molar-refractivity contribution < 1.29 is 14.3 Å². The fraction of sp³-hybridized carbons (Fsp3) is 0.462. The average Bonchev–Trinajstić information content (AvgIpc) is 2.37. The first kappa shape index (κ1) is 18.2. The summed E-state index contributed by atoms with van der Waals surface area (Å²) in [5.74, 6) is 0.356. The Balaban J connectivity index is 0.00000324. The standard InChI is InChI=1S/C13H18BrNO3.ClH/c1-13(2,12(16)18-4)11(15)9-7-8(17-3)5-6-10(9)14;/h5-7,11H,15H2,1-4H3;1H/t11-;/m0./s1. The van der Waals surface area contributed by atoms with Gasteiger partial charge in [-0.2, -0.15) is 0 Å². The van der Waals surface area contributed by atoms with Crippen LogP contribution in [0.5, 0.6) is 5.75 Å². The van der Waals surface area contributed by atoms with Gasteiger partial charge in [0.25, 0.3) is 0 Å². The molecule has 2 N–H and O–H groups in total. The number of esters is 1. The van der Waals surface area contributed by atoms with Gasteiger partial charge in [0.15, 0.2) is 0 Å². The van der Waals surface area contributed by atoms with Crippen molar-refractivity contribution in [2.75, 3.05) is 14.2 Å². The Bertz CT molecular complexity index is 452. The minimum atomic E-state index is -0.816. The molecular formula is C13H19BrClNO3. The van der Waals surface area contributed by atoms with Gasteiger partial charge >= 0.3 is 5.97 Å². The lowest BCUT2D eigenvalue weighted by molar-refractivity contribution is -0.152. The van der Waals surface area contributed by atoms with Crippen LogP contribution in [0.15, 0.2) is 22.7 Å². The minimum Gasteiger partial charge on any atom is -0.497 e. The number of methoxy groups -OCH3 is 2. The van der Waals surface area contributed by atoms with Crippen molar-refractivity contribution in [3.05, 3.63) is 28.2 Å². The van der Waals surface area contributed by atoms with E-state index in [1.165, 1.54) is 7.11 Å². The SMILES string of the molecule is COC(=O)C(C)(C)[C@@H](N)c1cc(OC)ccc1Br.Cl. The first-order valence-corrected chi connectivity index (χ1v) is 6.31. The van der Waals surface area contributed by atoms with E-state index in [0.29, 0.717) is 5.75 Å². The molecule has 1 aromatic carbocycles. The molecule has 4 nitrogen and oxygen atoms in total. The quantitative estimate of drug-likeness (QED) is 0.846. The van der Waals surface area contributed by atoms with Crippen molar-refractivity contribution in [3.8, 4) is 5.75 Å². The molecule has 0 fully saturated rings. The molecule has 0 heterocycles. The summed E-state index contributed by atoms with van der Waals surface area (Å²) in [5, 5.41) is 0. The molecular weight excluding hydrogens is 334 g/mol. The van der Waals surface area contributed by atoms with Gasteiger partial charge in [-0.05, 0) is 37.6 Å². The van der Waals surface area contributed by atoms with E-state index < -0.39 is 11.5 Å². The highest BCUT2D eigenvalue weighted by Gasteiger charge is 2.37. The summed E-state index contributed by atoms with van der Waals surface area (Å²) >= 11 is 3.44. The van der Waals surface area contributed by atoms with Gasteiger partial charge in [0.1, 0.15) is 5.75 Å². The lowest BCUT2D eigenvalue weighted by atomic mass is 9.81. The van der Waals surface area contributed by atoms with E-state index in [2.05, 4.69) is 15.9 Å². The molecule has 6 heteroatoms. The summed E-state index contributed by atoms with van der Waals surface area (Å²) in [6, 6.07) is 5.00. The molecule has 0 radical (unpaired) electrons. The zero-order chi connectivity index (χ0) is 13.9. The lowest BCUT2D eigenvalue weighted by Crippen LogP contribution is -2.37. The largest absolute Gasteiger partial charge is 0.497 e. The van der Waals surface area contributed by atoms with Crippen molar-refractivity contribution in [2.24, 2.45) is 11.1 Å². The van der Waals surface area contributed by atoms with Crippen LogP contribution >= 0.6 is 28.3 Å². The maximum Gasteiger partial charge on any atom is 0.313 e. The second-order valence-corrected chi connectivity index (χ2v) is 5.43. The monoisotopic (exact) mass is 351 g/mol. The lowest BCUT2D eigenvalue weighted by Gasteiger charge is -2.29. The molecule has 108 valence electrons. The maximum absolute atomic E-state index is 11.8. The molecule has 0 aliphatic rings. The van der Waals surface area contributed by atoms with Crippen LogP contribution in [0.25, 0.3) is 0 Å². The van der Waals surface area contributed by atoms with Crippen LogP contribution < -0.4 is 10.5 Å². The summed E-state index contributed by atoms with van der Waals surface area (Å²) in [4.78, 5) is 11.8. The van der Waals surface area contributed by atoms with Crippen LogP contribution in [0.3, 0.4) is 0 Å². The number of rotatable bonds is 4. The summed E-state index contributed by atoms with van der Waals surface area (Å²) in [6.07, 6.45) is 0. The topological polar surface area (TPSA) is 61.5 Å². The second kappa shape index (κ2) is 7.12. The van der Waals surface area contributed by atoms with Gasteiger partial charge in [0.05, 0.1) is 19.6 Å². The summed E-state index contributed by atoms with van der Waals surface area (Å²) in [5.41, 5.74) is 6.18. The number of hydrogen-bond donors (Lipinski definition) is 1. The van der Waals surface area contributed by atoms with Crippen LogP contribution in [0.1, 0.15) is 25.5 Å². The van der Waals surface area contributed by atoms with Crippen molar-refractivity contribution in [1.29, 1.82) is 0 Å². The summed E-state index contributed by atoms with van der Waals surface area (Å²) in [7, 11) is 2.95. The highest BCUT2D eigenvalue weighted by atomic mass is 79.9. The molecule has 0 unspecified atom stereocenters. The first-order chi connectivity index (χ1) is 8.34. The molecule has 0 saturated heterocycles. The van der Waals surface area contributed by atoms with Gasteiger partial charge in [-0.1, -0.05) is 15.9 Å². The first-order valence-electron chi connectivity index (χ1n) is 5.52. The zero-order valence-corrected chi connectivity index (χ0v) is 13.8. The Kier molecular flexibility index (Phi) is 6.83. The van der Waals surface area contributed by atoms with Crippen LogP contribution in [-0.2, 0) is 9.53 Å². The highest BCUT2D eigenvalue weighted by molar-refractivity contribution is 9.10. The smallest absolute Gasteiger partial charge is 0.313 e. The molecule has 1 atom stereocenters. The van der Waals surface area contributed by atoms with Gasteiger partial charge in [-0.3, -0.25) is 4.79 Å². The van der Waals surface area contributed by atoms with E-state index in [1.807, 2.05) is 18.2 Å². The molecule has 0 spiro atoms. The van der Waals surface area contributed by atoms with Crippen LogP contribution in [0, 0.1) is 5.41 Å². The fourth-order valence-electron chi connectivity index (χ4n) is 1.67. The normalized spacial score (nSPS) is 12.3. The third kappa shape index (κ3) is 3.84. The molecule has 0 aliphatic heterocycles. The van der Waals surface area contributed by atoms with E-state index >= 15 is 0 Å². The number of nitrogens with two attached hydrogens (primary N) is 1. The average molecular weight is 353 g/mol. The van der Waals surface area contributed by atoms with E-state index in [-0.39, 0.29) is 18.4 Å². The number of benzene rings is 1. The minimum absolute atomic E-state index is 0. The molecule has 0 bridgehead atoms. The molecule has 19 heavy (non-hydrogen) atoms. The highest BCUT2D eigenvalue weighted by Crippen LogP contribution is 2.37. The van der Waals surface area contributed by atoms with Crippen molar-refractivity contribution in [1.82, 2.24) is 0 Å². The Hall–Kier alpha value is -0.780. The van der Waals surface area contributed by atoms with E-state index in [9.17, 15) is 4.79 Å². The number of carbonyl (C=O) groups excluding carboxylic acids is 1. The Morgan fingerprint density at radius 2 is 1.95 bits per heavy atom. The number of halogens is 2. The van der Waals surface area contributed by atoms with Gasteiger partial charge in [-0.15, -0.1) is 12.4 Å². The molecule has 0 aliphatic carbocycles. The van der Waals surface area contributed by atoms with Gasteiger partial charge in [0.2, 0.25) is 0 Å². The molecule has 0 aromatic heterocycles. The second-order valence-electron chi connectivity index (χ2n) is 4.58. The maximum atomic E-state index is 11.8. The van der Waals surface area contributed by atoms with Crippen molar-refractivity contribution in [3.63, 3.8) is 0 Å².